The molecule has 3 amide bonds. The number of benzene rings is 2. The molecule has 0 unspecified atom stereocenters. The van der Waals surface area contributed by atoms with E-state index in [1.165, 1.54) is 15.2 Å². The van der Waals surface area contributed by atoms with Crippen LogP contribution in [0.1, 0.15) is 5.56 Å². The molecule has 0 bridgehead atoms. The second-order valence-electron chi connectivity index (χ2n) is 7.09. The highest BCUT2D eigenvalue weighted by Crippen LogP contribution is 2.32. The number of fused-ring (bicyclic) bond motifs is 1. The fourth-order valence-corrected chi connectivity index (χ4v) is 4.16. The SMILES string of the molecule is Cn1c(=O)n(C)c2cc(/C=C3/SC(=O)N(CC(=O)Nc4ccc(F)cc4F)C3=O)ccc21. The largest absolute Gasteiger partial charge is 0.328 e. The van der Waals surface area contributed by atoms with Crippen LogP contribution in [0, 0.1) is 11.6 Å². The number of carbonyl (C=O) groups is 3. The fraction of sp³-hybridized carbons (Fsp3) is 0.143. The molecule has 0 aliphatic carbocycles. The van der Waals surface area contributed by atoms with E-state index < -0.39 is 35.2 Å². The summed E-state index contributed by atoms with van der Waals surface area (Å²) in [4.78, 5) is 50.1. The van der Waals surface area contributed by atoms with Gasteiger partial charge < -0.3 is 5.32 Å². The number of nitrogens with zero attached hydrogens (tertiary/aromatic N) is 3. The van der Waals surface area contributed by atoms with E-state index in [1.807, 2.05) is 0 Å². The Balaban J connectivity index is 1.53. The fourth-order valence-electron chi connectivity index (χ4n) is 3.33. The first-order valence-corrected chi connectivity index (χ1v) is 10.1. The minimum absolute atomic E-state index is 0.107. The van der Waals surface area contributed by atoms with Crippen LogP contribution in [0.3, 0.4) is 0 Å². The van der Waals surface area contributed by atoms with E-state index in [0.717, 1.165) is 17.0 Å². The summed E-state index contributed by atoms with van der Waals surface area (Å²) in [5.74, 6) is -3.25. The van der Waals surface area contributed by atoms with Crippen LogP contribution < -0.4 is 11.0 Å². The molecular weight excluding hydrogens is 442 g/mol. The minimum Gasteiger partial charge on any atom is -0.322 e. The normalized spacial score (nSPS) is 15.2. The number of nitrogens with one attached hydrogen (secondary N) is 1. The van der Waals surface area contributed by atoms with Crippen LogP contribution in [0.15, 0.2) is 46.1 Å². The highest BCUT2D eigenvalue weighted by Gasteiger charge is 2.36. The van der Waals surface area contributed by atoms with E-state index in [1.54, 1.807) is 32.3 Å². The summed E-state index contributed by atoms with van der Waals surface area (Å²) in [7, 11) is 3.28. The number of thioether (sulfide) groups is 1. The molecule has 1 aliphatic rings. The van der Waals surface area contributed by atoms with Crippen molar-refractivity contribution in [1.29, 1.82) is 0 Å². The van der Waals surface area contributed by atoms with E-state index in [2.05, 4.69) is 5.32 Å². The van der Waals surface area contributed by atoms with Crippen molar-refractivity contribution < 1.29 is 23.2 Å². The molecule has 4 rings (SSSR count). The van der Waals surface area contributed by atoms with E-state index in [-0.39, 0.29) is 16.3 Å². The topological polar surface area (TPSA) is 93.4 Å². The third-order valence-electron chi connectivity index (χ3n) is 4.97. The Morgan fingerprint density at radius 1 is 1.03 bits per heavy atom. The number of amides is 3. The molecule has 0 atom stereocenters. The van der Waals surface area contributed by atoms with E-state index >= 15 is 0 Å². The lowest BCUT2D eigenvalue weighted by atomic mass is 10.2. The van der Waals surface area contributed by atoms with Crippen molar-refractivity contribution in [3.05, 3.63) is 69.0 Å². The average molecular weight is 458 g/mol. The average Bonchev–Trinajstić information content (AvgIpc) is 3.12. The molecule has 1 N–H and O–H groups in total. The van der Waals surface area contributed by atoms with E-state index in [9.17, 15) is 28.0 Å². The molecule has 0 radical (unpaired) electrons. The highest BCUT2D eigenvalue weighted by atomic mass is 32.2. The summed E-state index contributed by atoms with van der Waals surface area (Å²) in [5, 5.41) is 1.56. The quantitative estimate of drug-likeness (QED) is 0.607. The highest BCUT2D eigenvalue weighted by molar-refractivity contribution is 8.18. The predicted molar refractivity (Wildman–Crippen MR) is 116 cm³/mol. The number of hydrogen-bond acceptors (Lipinski definition) is 5. The van der Waals surface area contributed by atoms with Crippen LogP contribution in [0.2, 0.25) is 0 Å². The molecule has 2 aromatic carbocycles. The number of imidazole rings is 1. The number of aromatic nitrogens is 2. The number of anilines is 1. The molecule has 32 heavy (non-hydrogen) atoms. The maximum absolute atomic E-state index is 13.7. The van der Waals surface area contributed by atoms with Crippen LogP contribution in [-0.2, 0) is 23.7 Å². The van der Waals surface area contributed by atoms with E-state index in [4.69, 9.17) is 0 Å². The number of hydrogen-bond donors (Lipinski definition) is 1. The maximum atomic E-state index is 13.7. The summed E-state index contributed by atoms with van der Waals surface area (Å²) in [6.45, 7) is -0.620. The van der Waals surface area contributed by atoms with Crippen molar-refractivity contribution in [2.24, 2.45) is 14.1 Å². The first-order valence-electron chi connectivity index (χ1n) is 9.31. The van der Waals surface area contributed by atoms with Crippen LogP contribution >= 0.6 is 11.8 Å². The second-order valence-corrected chi connectivity index (χ2v) is 8.08. The van der Waals surface area contributed by atoms with Gasteiger partial charge in [0.05, 0.1) is 21.6 Å². The Kier molecular flexibility index (Phi) is 5.43. The van der Waals surface area contributed by atoms with Crippen molar-refractivity contribution >= 4 is 51.6 Å². The van der Waals surface area contributed by atoms with Gasteiger partial charge in [-0.1, -0.05) is 6.07 Å². The summed E-state index contributed by atoms with van der Waals surface area (Å²) in [5.41, 5.74) is 1.52. The van der Waals surface area contributed by atoms with Crippen molar-refractivity contribution in [1.82, 2.24) is 14.0 Å². The molecule has 1 fully saturated rings. The third-order valence-corrected chi connectivity index (χ3v) is 5.88. The summed E-state index contributed by atoms with van der Waals surface area (Å²) in [6, 6.07) is 7.79. The first kappa shape index (κ1) is 21.5. The van der Waals surface area contributed by atoms with Crippen molar-refractivity contribution in [3.63, 3.8) is 0 Å². The monoisotopic (exact) mass is 458 g/mol. The van der Waals surface area contributed by atoms with Gasteiger partial charge in [-0.15, -0.1) is 0 Å². The molecular formula is C21H16F2N4O4S. The Morgan fingerprint density at radius 2 is 1.75 bits per heavy atom. The lowest BCUT2D eigenvalue weighted by molar-refractivity contribution is -0.127. The lowest BCUT2D eigenvalue weighted by Crippen LogP contribution is -2.36. The second kappa shape index (κ2) is 8.08. The molecule has 0 saturated carbocycles. The zero-order valence-electron chi connectivity index (χ0n) is 16.9. The van der Waals surface area contributed by atoms with Gasteiger partial charge in [-0.05, 0) is 47.7 Å². The van der Waals surface area contributed by atoms with Gasteiger partial charge in [0.1, 0.15) is 18.2 Å². The Hall–Kier alpha value is -3.73. The van der Waals surface area contributed by atoms with Crippen molar-refractivity contribution in [2.75, 3.05) is 11.9 Å². The van der Waals surface area contributed by atoms with Gasteiger partial charge in [-0.25, -0.2) is 13.6 Å². The number of carbonyl (C=O) groups excluding carboxylic acids is 3. The number of imide groups is 1. The van der Waals surface area contributed by atoms with Crippen LogP contribution in [0.4, 0.5) is 19.3 Å². The van der Waals surface area contributed by atoms with Crippen LogP contribution in [0.5, 0.6) is 0 Å². The zero-order valence-corrected chi connectivity index (χ0v) is 17.7. The predicted octanol–water partition coefficient (Wildman–Crippen LogP) is 2.83. The van der Waals surface area contributed by atoms with Gasteiger partial charge >= 0.3 is 5.69 Å². The molecule has 164 valence electrons. The Morgan fingerprint density at radius 3 is 2.47 bits per heavy atom. The molecule has 3 aromatic rings. The van der Waals surface area contributed by atoms with Crippen LogP contribution in [0.25, 0.3) is 17.1 Å². The molecule has 11 heteroatoms. The standard InChI is InChI=1S/C21H16F2N4O4S/c1-25-15-6-3-11(7-16(15)26(2)20(25)30)8-17-19(29)27(21(31)32-17)10-18(28)24-14-5-4-12(22)9-13(14)23/h3-9H,10H2,1-2H3,(H,24,28)/b17-8+. The third kappa shape index (κ3) is 3.82. The van der Waals surface area contributed by atoms with Gasteiger partial charge in [0.2, 0.25) is 5.91 Å². The Bertz CT molecular complexity index is 1390. The van der Waals surface area contributed by atoms with Gasteiger partial charge in [-0.3, -0.25) is 28.4 Å². The first-order chi connectivity index (χ1) is 15.2. The number of rotatable bonds is 4. The maximum Gasteiger partial charge on any atom is 0.328 e. The minimum atomic E-state index is -0.974. The van der Waals surface area contributed by atoms with Crippen molar-refractivity contribution in [3.8, 4) is 0 Å². The number of halogens is 2. The molecule has 0 spiro atoms. The zero-order chi connectivity index (χ0) is 23.2. The van der Waals surface area contributed by atoms with Crippen LogP contribution in [-0.4, -0.2) is 37.6 Å². The summed E-state index contributed by atoms with van der Waals surface area (Å²) < 4.78 is 29.7. The van der Waals surface area contributed by atoms with Gasteiger partial charge in [0, 0.05) is 20.2 Å². The summed E-state index contributed by atoms with van der Waals surface area (Å²) >= 11 is 0.669. The molecule has 8 nitrogen and oxygen atoms in total. The molecule has 1 saturated heterocycles. The van der Waals surface area contributed by atoms with Gasteiger partial charge in [0.15, 0.2) is 0 Å². The smallest absolute Gasteiger partial charge is 0.322 e. The van der Waals surface area contributed by atoms with Gasteiger partial charge in [-0.2, -0.15) is 0 Å². The molecule has 2 heterocycles. The Labute approximate surface area is 184 Å². The van der Waals surface area contributed by atoms with Crippen molar-refractivity contribution in [2.45, 2.75) is 0 Å². The van der Waals surface area contributed by atoms with Gasteiger partial charge in [0.25, 0.3) is 11.1 Å². The van der Waals surface area contributed by atoms with E-state index in [0.29, 0.717) is 34.4 Å². The molecule has 1 aliphatic heterocycles. The number of aryl methyl sites for hydroxylation is 2. The summed E-state index contributed by atoms with van der Waals surface area (Å²) in [6.07, 6.45) is 1.50. The molecule has 1 aromatic heterocycles. The lowest BCUT2D eigenvalue weighted by Gasteiger charge is -2.12.